The maximum atomic E-state index is 13.8. The minimum absolute atomic E-state index is 0.0180. The summed E-state index contributed by atoms with van der Waals surface area (Å²) in [6.07, 6.45) is -2.90. The van der Waals surface area contributed by atoms with Crippen molar-refractivity contribution >= 4 is 29.2 Å². The van der Waals surface area contributed by atoms with Crippen molar-refractivity contribution in [1.82, 2.24) is 14.8 Å². The number of hydrogen-bond donors (Lipinski definition) is 1. The van der Waals surface area contributed by atoms with Crippen molar-refractivity contribution in [1.29, 1.82) is 0 Å². The Hall–Kier alpha value is -2.92. The fourth-order valence-corrected chi connectivity index (χ4v) is 5.34. The highest BCUT2D eigenvalue weighted by molar-refractivity contribution is 6.32. The molecular formula is C26H29ClF4N4O3. The molecule has 2 saturated heterocycles. The minimum atomic E-state index is -5.30. The van der Waals surface area contributed by atoms with Gasteiger partial charge in [-0.25, -0.2) is 9.37 Å². The smallest absolute Gasteiger partial charge is 0.368 e. The lowest BCUT2D eigenvalue weighted by molar-refractivity contribution is -0.264. The van der Waals surface area contributed by atoms with E-state index in [1.54, 1.807) is 26.2 Å². The monoisotopic (exact) mass is 556 g/mol. The number of benzene rings is 1. The van der Waals surface area contributed by atoms with Gasteiger partial charge in [0.2, 0.25) is 0 Å². The number of rotatable bonds is 6. The Kier molecular flexibility index (Phi) is 7.90. The van der Waals surface area contributed by atoms with Crippen LogP contribution < -0.4 is 4.90 Å². The number of hydrogen-bond acceptors (Lipinski definition) is 5. The van der Waals surface area contributed by atoms with E-state index in [9.17, 15) is 32.3 Å². The van der Waals surface area contributed by atoms with Gasteiger partial charge in [-0.2, -0.15) is 13.2 Å². The van der Waals surface area contributed by atoms with Crippen LogP contribution >= 0.6 is 11.6 Å². The highest BCUT2D eigenvalue weighted by Gasteiger charge is 2.63. The van der Waals surface area contributed by atoms with Crippen LogP contribution in [-0.4, -0.2) is 78.2 Å². The first kappa shape index (κ1) is 28.1. The number of piperidine rings is 1. The Bertz CT molecular complexity index is 1200. The van der Waals surface area contributed by atoms with Gasteiger partial charge in [0.25, 0.3) is 17.4 Å². The first-order valence-corrected chi connectivity index (χ1v) is 12.7. The molecule has 206 valence electrons. The van der Waals surface area contributed by atoms with E-state index >= 15 is 0 Å². The van der Waals surface area contributed by atoms with E-state index in [4.69, 9.17) is 11.6 Å². The van der Waals surface area contributed by atoms with Crippen molar-refractivity contribution in [2.75, 3.05) is 45.2 Å². The molecule has 0 radical (unpaired) electrons. The number of anilines is 1. The highest BCUT2D eigenvalue weighted by atomic mass is 35.5. The Balaban J connectivity index is 1.31. The van der Waals surface area contributed by atoms with Crippen LogP contribution in [0, 0.1) is 17.7 Å². The van der Waals surface area contributed by atoms with Crippen LogP contribution in [0.2, 0.25) is 5.15 Å². The maximum Gasteiger partial charge on any atom is 0.430 e. The number of likely N-dealkylation sites (tertiary alicyclic amines) is 1. The fraction of sp³-hybridized carbons (Fsp3) is 0.500. The molecule has 4 rings (SSSR count). The normalized spacial score (nSPS) is 18.6. The fourth-order valence-electron chi connectivity index (χ4n) is 5.11. The van der Waals surface area contributed by atoms with E-state index in [1.165, 1.54) is 4.90 Å². The lowest BCUT2D eigenvalue weighted by Gasteiger charge is -2.45. The molecule has 1 N–H and O–H groups in total. The molecule has 2 aromatic rings. The number of halogens is 5. The lowest BCUT2D eigenvalue weighted by Crippen LogP contribution is -2.61. The van der Waals surface area contributed by atoms with E-state index in [0.717, 1.165) is 42.4 Å². The standard InChI is InChI=1S/C26H29ClF4N4O3/c1-33(2)23(36)20-6-7-21(32-22(20)27)34-10-8-16(9-11-34)12-17-14-35(15-17)24(37)25(38,26(29,30)31)18-4-3-5-19(28)13-18/h3-7,13,16-17,38H,8-12,14-15H2,1-2H3/t25-/m0/s1. The summed E-state index contributed by atoms with van der Waals surface area (Å²) < 4.78 is 55.0. The first-order chi connectivity index (χ1) is 17.8. The molecule has 0 saturated carbocycles. The van der Waals surface area contributed by atoms with Gasteiger partial charge in [-0.3, -0.25) is 9.59 Å². The van der Waals surface area contributed by atoms with E-state index in [2.05, 4.69) is 9.88 Å². The second-order valence-electron chi connectivity index (χ2n) is 10.2. The highest BCUT2D eigenvalue weighted by Crippen LogP contribution is 2.42. The van der Waals surface area contributed by atoms with Crippen LogP contribution in [0.4, 0.5) is 23.4 Å². The SMILES string of the molecule is CN(C)C(=O)c1ccc(N2CCC(CC3CN(C(=O)[C@@](O)(c4cccc(F)c4)C(F)(F)F)C3)CC2)nc1Cl. The van der Waals surface area contributed by atoms with Crippen LogP contribution in [0.1, 0.15) is 35.2 Å². The molecule has 0 aliphatic carbocycles. The second-order valence-corrected chi connectivity index (χ2v) is 10.5. The zero-order chi connectivity index (χ0) is 27.8. The van der Waals surface area contributed by atoms with Gasteiger partial charge in [-0.1, -0.05) is 23.7 Å². The summed E-state index contributed by atoms with van der Waals surface area (Å²) >= 11 is 6.23. The Morgan fingerprint density at radius 2 is 1.76 bits per heavy atom. The van der Waals surface area contributed by atoms with Crippen molar-refractivity contribution in [3.05, 3.63) is 58.5 Å². The van der Waals surface area contributed by atoms with Crippen LogP contribution in [0.25, 0.3) is 0 Å². The number of alkyl halides is 3. The molecule has 0 bridgehead atoms. The van der Waals surface area contributed by atoms with Crippen LogP contribution in [0.5, 0.6) is 0 Å². The second kappa shape index (κ2) is 10.7. The zero-order valence-electron chi connectivity index (χ0n) is 21.0. The summed E-state index contributed by atoms with van der Waals surface area (Å²) in [5, 5.41) is 10.6. The minimum Gasteiger partial charge on any atom is -0.368 e. The molecule has 38 heavy (non-hydrogen) atoms. The van der Waals surface area contributed by atoms with Crippen LogP contribution in [0.3, 0.4) is 0 Å². The molecule has 7 nitrogen and oxygen atoms in total. The summed E-state index contributed by atoms with van der Waals surface area (Å²) in [6, 6.07) is 6.83. The Morgan fingerprint density at radius 3 is 2.32 bits per heavy atom. The van der Waals surface area contributed by atoms with Gasteiger partial charge in [0.05, 0.1) is 5.56 Å². The van der Waals surface area contributed by atoms with E-state index in [1.807, 2.05) is 0 Å². The third kappa shape index (κ3) is 5.44. The molecule has 1 aromatic carbocycles. The predicted octanol–water partition coefficient (Wildman–Crippen LogP) is 4.09. The Morgan fingerprint density at radius 1 is 1.11 bits per heavy atom. The summed E-state index contributed by atoms with van der Waals surface area (Å²) in [4.78, 5) is 33.8. The molecule has 2 fully saturated rings. The van der Waals surface area contributed by atoms with Gasteiger partial charge in [0, 0.05) is 45.8 Å². The number of carbonyl (C=O) groups is 2. The predicted molar refractivity (Wildman–Crippen MR) is 133 cm³/mol. The number of nitrogens with zero attached hydrogens (tertiary/aromatic N) is 4. The third-order valence-corrected chi connectivity index (χ3v) is 7.57. The molecule has 1 aromatic heterocycles. The first-order valence-electron chi connectivity index (χ1n) is 12.3. The van der Waals surface area contributed by atoms with Gasteiger partial charge in [-0.05, 0) is 55.4 Å². The average molecular weight is 557 g/mol. The molecule has 0 spiro atoms. The van der Waals surface area contributed by atoms with Gasteiger partial charge < -0.3 is 19.8 Å². The summed E-state index contributed by atoms with van der Waals surface area (Å²) in [5.74, 6) is -1.67. The quantitative estimate of drug-likeness (QED) is 0.428. The maximum absolute atomic E-state index is 13.8. The number of aromatic nitrogens is 1. The molecule has 0 unspecified atom stereocenters. The number of carbonyl (C=O) groups excluding carboxylic acids is 2. The average Bonchev–Trinajstić information content (AvgIpc) is 2.84. The molecule has 2 amide bonds. The zero-order valence-corrected chi connectivity index (χ0v) is 21.8. The van der Waals surface area contributed by atoms with E-state index in [-0.39, 0.29) is 30.1 Å². The molecule has 12 heteroatoms. The number of amides is 2. The molecule has 1 atom stereocenters. The van der Waals surface area contributed by atoms with Gasteiger partial charge >= 0.3 is 6.18 Å². The van der Waals surface area contributed by atoms with Crippen molar-refractivity contribution in [2.24, 2.45) is 11.8 Å². The largest absolute Gasteiger partial charge is 0.430 e. The Labute approximate surface area is 223 Å². The summed E-state index contributed by atoms with van der Waals surface area (Å²) in [6.45, 7) is 1.62. The van der Waals surface area contributed by atoms with Gasteiger partial charge in [0.15, 0.2) is 0 Å². The van der Waals surface area contributed by atoms with Gasteiger partial charge in [-0.15, -0.1) is 0 Å². The van der Waals surface area contributed by atoms with Crippen molar-refractivity contribution in [3.8, 4) is 0 Å². The van der Waals surface area contributed by atoms with Crippen LogP contribution in [-0.2, 0) is 10.4 Å². The number of aliphatic hydroxyl groups is 1. The molecule has 2 aliphatic rings. The topological polar surface area (TPSA) is 77.0 Å². The van der Waals surface area contributed by atoms with E-state index in [0.29, 0.717) is 36.5 Å². The van der Waals surface area contributed by atoms with Crippen LogP contribution in [0.15, 0.2) is 36.4 Å². The van der Waals surface area contributed by atoms with E-state index < -0.39 is 29.1 Å². The van der Waals surface area contributed by atoms with Gasteiger partial charge in [0.1, 0.15) is 16.8 Å². The lowest BCUT2D eigenvalue weighted by atomic mass is 9.82. The summed E-state index contributed by atoms with van der Waals surface area (Å²) in [5.41, 5.74) is -4.31. The van der Waals surface area contributed by atoms with Crippen molar-refractivity contribution in [2.45, 2.75) is 31.0 Å². The van der Waals surface area contributed by atoms with Crippen molar-refractivity contribution < 1.29 is 32.3 Å². The molecule has 2 aliphatic heterocycles. The molecule has 3 heterocycles. The number of pyridine rings is 1. The van der Waals surface area contributed by atoms with Crippen molar-refractivity contribution in [3.63, 3.8) is 0 Å². The third-order valence-electron chi connectivity index (χ3n) is 7.28. The summed E-state index contributed by atoms with van der Waals surface area (Å²) in [7, 11) is 3.27. The molecular weight excluding hydrogens is 528 g/mol.